The van der Waals surface area contributed by atoms with Gasteiger partial charge in [-0.05, 0) is 50.7 Å². The first-order valence-electron chi connectivity index (χ1n) is 12.1. The molecule has 0 aliphatic carbocycles. The van der Waals surface area contributed by atoms with Gasteiger partial charge in [0.25, 0.3) is 11.7 Å². The number of benzene rings is 2. The molecule has 0 spiro atoms. The molecule has 1 amide bonds. The van der Waals surface area contributed by atoms with Crippen LogP contribution in [-0.2, 0) is 9.59 Å². The fourth-order valence-corrected chi connectivity index (χ4v) is 4.71. The van der Waals surface area contributed by atoms with Gasteiger partial charge in [-0.15, -0.1) is 0 Å². The van der Waals surface area contributed by atoms with Crippen molar-refractivity contribution in [3.05, 3.63) is 89.3 Å². The molecule has 1 N–H and O–H groups in total. The fourth-order valence-electron chi connectivity index (χ4n) is 4.71. The normalized spacial score (nSPS) is 17.5. The quantitative estimate of drug-likeness (QED) is 0.285. The number of carbonyl (C=O) groups excluding carboxylic acids is 2. The van der Waals surface area contributed by atoms with Gasteiger partial charge in [0.1, 0.15) is 5.76 Å². The zero-order chi connectivity index (χ0) is 24.9. The number of aliphatic hydroxyl groups is 1. The van der Waals surface area contributed by atoms with Gasteiger partial charge < -0.3 is 14.9 Å². The van der Waals surface area contributed by atoms with E-state index in [2.05, 4.69) is 23.8 Å². The van der Waals surface area contributed by atoms with Crippen LogP contribution in [0.2, 0.25) is 0 Å². The van der Waals surface area contributed by atoms with E-state index in [1.807, 2.05) is 67.6 Å². The first-order valence-corrected chi connectivity index (χ1v) is 12.1. The largest absolute Gasteiger partial charge is 0.507 e. The van der Waals surface area contributed by atoms with Crippen molar-refractivity contribution < 1.29 is 14.7 Å². The molecule has 1 atom stereocenters. The highest BCUT2D eigenvalue weighted by atomic mass is 16.3. The molecule has 2 aromatic carbocycles. The van der Waals surface area contributed by atoms with Crippen molar-refractivity contribution in [1.29, 1.82) is 0 Å². The van der Waals surface area contributed by atoms with Gasteiger partial charge in [-0.1, -0.05) is 62.4 Å². The lowest BCUT2D eigenvalue weighted by Crippen LogP contribution is -2.33. The zero-order valence-electron chi connectivity index (χ0n) is 20.5. The predicted molar refractivity (Wildman–Crippen MR) is 136 cm³/mol. The molecule has 0 bridgehead atoms. The lowest BCUT2D eigenvalue weighted by atomic mass is 9.95. The zero-order valence-corrected chi connectivity index (χ0v) is 20.5. The van der Waals surface area contributed by atoms with Crippen LogP contribution in [0.3, 0.4) is 0 Å². The van der Waals surface area contributed by atoms with E-state index in [1.54, 1.807) is 15.8 Å². The van der Waals surface area contributed by atoms with E-state index in [0.717, 1.165) is 37.3 Å². The van der Waals surface area contributed by atoms with Crippen LogP contribution in [0.15, 0.2) is 72.4 Å². The summed E-state index contributed by atoms with van der Waals surface area (Å²) >= 11 is 0. The van der Waals surface area contributed by atoms with Crippen LogP contribution in [0.1, 0.15) is 43.1 Å². The second-order valence-electron chi connectivity index (χ2n) is 8.67. The van der Waals surface area contributed by atoms with Crippen molar-refractivity contribution in [1.82, 2.24) is 19.6 Å². The van der Waals surface area contributed by atoms with Crippen LogP contribution in [0.5, 0.6) is 0 Å². The predicted octanol–water partition coefficient (Wildman–Crippen LogP) is 4.33. The first kappa shape index (κ1) is 24.4. The number of Topliss-reactive ketones (excluding diaryl/α,β-unsaturated/α-hetero) is 1. The van der Waals surface area contributed by atoms with Gasteiger partial charge in [0.05, 0.1) is 34.8 Å². The number of likely N-dealkylation sites (tertiary alicyclic amines) is 1. The van der Waals surface area contributed by atoms with E-state index in [0.29, 0.717) is 17.8 Å². The van der Waals surface area contributed by atoms with Crippen molar-refractivity contribution in [2.75, 3.05) is 26.2 Å². The van der Waals surface area contributed by atoms with Gasteiger partial charge in [-0.3, -0.25) is 9.59 Å². The first-order chi connectivity index (χ1) is 17.0. The lowest BCUT2D eigenvalue weighted by Gasteiger charge is -2.26. The minimum absolute atomic E-state index is 0.111. The average molecular weight is 473 g/mol. The number of nitrogens with zero attached hydrogens (tertiary/aromatic N) is 4. The lowest BCUT2D eigenvalue weighted by molar-refractivity contribution is -0.140. The Labute approximate surface area is 206 Å². The minimum Gasteiger partial charge on any atom is -0.507 e. The van der Waals surface area contributed by atoms with Gasteiger partial charge >= 0.3 is 0 Å². The fraction of sp³-hybridized carbons (Fsp3) is 0.321. The molecule has 1 unspecified atom stereocenters. The van der Waals surface area contributed by atoms with Gasteiger partial charge in [0.15, 0.2) is 0 Å². The van der Waals surface area contributed by atoms with Crippen LogP contribution in [0.4, 0.5) is 0 Å². The molecule has 35 heavy (non-hydrogen) atoms. The van der Waals surface area contributed by atoms with Crippen LogP contribution >= 0.6 is 0 Å². The Kier molecular flexibility index (Phi) is 7.46. The average Bonchev–Trinajstić information content (AvgIpc) is 3.40. The second-order valence-corrected chi connectivity index (χ2v) is 8.67. The molecule has 1 aromatic heterocycles. The van der Waals surface area contributed by atoms with E-state index >= 15 is 0 Å². The molecule has 0 radical (unpaired) electrons. The Balaban J connectivity index is 1.74. The Morgan fingerprint density at radius 3 is 2.26 bits per heavy atom. The number of hydrogen-bond donors (Lipinski definition) is 1. The van der Waals surface area contributed by atoms with E-state index in [4.69, 9.17) is 0 Å². The maximum Gasteiger partial charge on any atom is 0.295 e. The Morgan fingerprint density at radius 1 is 1.00 bits per heavy atom. The number of carbonyl (C=O) groups is 2. The topological polar surface area (TPSA) is 78.7 Å². The van der Waals surface area contributed by atoms with Gasteiger partial charge in [0.2, 0.25) is 0 Å². The molecule has 1 fully saturated rings. The second kappa shape index (κ2) is 10.7. The van der Waals surface area contributed by atoms with Crippen molar-refractivity contribution >= 4 is 17.4 Å². The van der Waals surface area contributed by atoms with Crippen LogP contribution in [0.25, 0.3) is 11.4 Å². The number of hydrogen-bond acceptors (Lipinski definition) is 5. The highest BCUT2D eigenvalue weighted by molar-refractivity contribution is 6.46. The molecule has 1 saturated heterocycles. The van der Waals surface area contributed by atoms with Gasteiger partial charge in [-0.25, -0.2) is 4.68 Å². The van der Waals surface area contributed by atoms with Crippen molar-refractivity contribution in [2.45, 2.75) is 33.2 Å². The summed E-state index contributed by atoms with van der Waals surface area (Å²) in [6.45, 7) is 9.19. The molecule has 182 valence electrons. The summed E-state index contributed by atoms with van der Waals surface area (Å²) in [7, 11) is 0. The van der Waals surface area contributed by atoms with Gasteiger partial charge in [0, 0.05) is 6.54 Å². The molecule has 0 saturated carbocycles. The molecule has 3 aromatic rings. The maximum atomic E-state index is 13.3. The molecule has 1 aliphatic rings. The summed E-state index contributed by atoms with van der Waals surface area (Å²) in [5, 5.41) is 15.8. The Bertz CT molecular complexity index is 1210. The highest BCUT2D eigenvalue weighted by Gasteiger charge is 2.46. The maximum absolute atomic E-state index is 13.3. The standard InChI is InChI=1S/C28H32N4O3/c1-4-30(5-2)17-12-18-31-25(21-13-8-6-9-14-21)24(27(34)28(31)35)26(33)23-19-29-32(20(23)3)22-15-10-7-11-16-22/h6-11,13-16,19,25,33H,4-5,12,17-18H2,1-3H3. The van der Waals surface area contributed by atoms with E-state index in [9.17, 15) is 14.7 Å². The summed E-state index contributed by atoms with van der Waals surface area (Å²) < 4.78 is 1.72. The number of para-hydroxylation sites is 1. The third-order valence-electron chi connectivity index (χ3n) is 6.69. The number of aliphatic hydroxyl groups excluding tert-OH is 1. The summed E-state index contributed by atoms with van der Waals surface area (Å²) in [5.41, 5.74) is 2.88. The summed E-state index contributed by atoms with van der Waals surface area (Å²) in [5.74, 6) is -1.43. The molecular weight excluding hydrogens is 440 g/mol. The van der Waals surface area contributed by atoms with Crippen LogP contribution in [-0.4, -0.2) is 62.6 Å². The Hall–Kier alpha value is -3.71. The number of aromatic nitrogens is 2. The van der Waals surface area contributed by atoms with Crippen molar-refractivity contribution in [3.8, 4) is 5.69 Å². The van der Waals surface area contributed by atoms with E-state index in [1.165, 1.54) is 0 Å². The van der Waals surface area contributed by atoms with Gasteiger partial charge in [-0.2, -0.15) is 5.10 Å². The molecule has 7 heteroatoms. The molecule has 2 heterocycles. The monoisotopic (exact) mass is 472 g/mol. The summed E-state index contributed by atoms with van der Waals surface area (Å²) in [4.78, 5) is 30.3. The minimum atomic E-state index is -0.661. The third kappa shape index (κ3) is 4.77. The third-order valence-corrected chi connectivity index (χ3v) is 6.69. The smallest absolute Gasteiger partial charge is 0.295 e. The highest BCUT2D eigenvalue weighted by Crippen LogP contribution is 2.40. The van der Waals surface area contributed by atoms with Crippen LogP contribution in [0, 0.1) is 6.92 Å². The summed E-state index contributed by atoms with van der Waals surface area (Å²) in [6.07, 6.45) is 2.29. The summed E-state index contributed by atoms with van der Waals surface area (Å²) in [6, 6.07) is 18.4. The van der Waals surface area contributed by atoms with E-state index < -0.39 is 17.7 Å². The molecular formula is C28H32N4O3. The SMILES string of the molecule is CCN(CC)CCCN1C(=O)C(=O)C(=C(O)c2cnn(-c3ccccc3)c2C)C1c1ccccc1. The number of ketones is 1. The number of amides is 1. The van der Waals surface area contributed by atoms with E-state index in [-0.39, 0.29) is 11.3 Å². The molecule has 1 aliphatic heterocycles. The van der Waals surface area contributed by atoms with Crippen LogP contribution < -0.4 is 0 Å². The molecule has 4 rings (SSSR count). The van der Waals surface area contributed by atoms with Crippen molar-refractivity contribution in [3.63, 3.8) is 0 Å². The van der Waals surface area contributed by atoms with Crippen molar-refractivity contribution in [2.24, 2.45) is 0 Å². The molecule has 7 nitrogen and oxygen atoms in total. The Morgan fingerprint density at radius 2 is 1.63 bits per heavy atom. The number of rotatable bonds is 9.